The van der Waals surface area contributed by atoms with E-state index >= 15 is 0 Å². The van der Waals surface area contributed by atoms with Crippen LogP contribution in [0.4, 0.5) is 0 Å². The number of amides is 2. The number of imide groups is 1. The van der Waals surface area contributed by atoms with Crippen molar-refractivity contribution in [2.45, 2.75) is 33.7 Å². The van der Waals surface area contributed by atoms with Crippen LogP contribution in [0, 0.1) is 19.8 Å². The number of rotatable bonds is 6. The van der Waals surface area contributed by atoms with Crippen molar-refractivity contribution in [3.05, 3.63) is 70.3 Å². The summed E-state index contributed by atoms with van der Waals surface area (Å²) in [5.41, 5.74) is 2.84. The van der Waals surface area contributed by atoms with Crippen LogP contribution in [0.1, 0.15) is 56.0 Å². The van der Waals surface area contributed by atoms with Crippen molar-refractivity contribution in [1.29, 1.82) is 0 Å². The molecule has 0 N–H and O–H groups in total. The molecule has 2 aromatic rings. The standard InChI is InChI=1S/C23H23NO5/c1-13(2)20(24-21(26)17-7-5-6-8-18(17)22(24)27)23(28)29-12-19(25)16-10-9-14(3)11-15(16)4/h5-11,13,20H,12H2,1-4H3. The molecular formula is C23H23NO5. The van der Waals surface area contributed by atoms with Crippen LogP contribution in [0.3, 0.4) is 0 Å². The highest BCUT2D eigenvalue weighted by molar-refractivity contribution is 6.22. The van der Waals surface area contributed by atoms with Gasteiger partial charge in [-0.3, -0.25) is 19.3 Å². The minimum Gasteiger partial charge on any atom is -0.456 e. The third-order valence-electron chi connectivity index (χ3n) is 5.00. The first-order chi connectivity index (χ1) is 13.7. The summed E-state index contributed by atoms with van der Waals surface area (Å²) in [6.07, 6.45) is 0. The Hall–Kier alpha value is -3.28. The van der Waals surface area contributed by atoms with E-state index in [1.165, 1.54) is 0 Å². The van der Waals surface area contributed by atoms with E-state index in [1.807, 2.05) is 26.0 Å². The molecule has 0 saturated carbocycles. The number of esters is 1. The van der Waals surface area contributed by atoms with Gasteiger partial charge in [0.05, 0.1) is 11.1 Å². The molecule has 0 saturated heterocycles. The molecule has 6 nitrogen and oxygen atoms in total. The summed E-state index contributed by atoms with van der Waals surface area (Å²) >= 11 is 0. The number of ketones is 1. The fraction of sp³-hybridized carbons (Fsp3) is 0.304. The highest BCUT2D eigenvalue weighted by Crippen LogP contribution is 2.27. The number of nitrogens with zero attached hydrogens (tertiary/aromatic N) is 1. The van der Waals surface area contributed by atoms with Crippen LogP contribution in [0.5, 0.6) is 0 Å². The van der Waals surface area contributed by atoms with Gasteiger partial charge in [0, 0.05) is 5.56 Å². The summed E-state index contributed by atoms with van der Waals surface area (Å²) in [6.45, 7) is 6.74. The molecule has 0 fully saturated rings. The SMILES string of the molecule is Cc1ccc(C(=O)COC(=O)C(C(C)C)N2C(=O)c3ccccc3C2=O)c(C)c1. The zero-order valence-electron chi connectivity index (χ0n) is 16.9. The molecule has 2 aromatic carbocycles. The predicted molar refractivity (Wildman–Crippen MR) is 107 cm³/mol. The fourth-order valence-corrected chi connectivity index (χ4v) is 3.56. The van der Waals surface area contributed by atoms with E-state index < -0.39 is 30.4 Å². The van der Waals surface area contributed by atoms with E-state index in [4.69, 9.17) is 4.74 Å². The first-order valence-corrected chi connectivity index (χ1v) is 9.46. The Morgan fingerprint density at radius 2 is 1.55 bits per heavy atom. The zero-order chi connectivity index (χ0) is 21.3. The number of hydrogen-bond acceptors (Lipinski definition) is 5. The molecule has 1 atom stereocenters. The third kappa shape index (κ3) is 3.83. The Kier molecular flexibility index (Phi) is 5.64. The Morgan fingerprint density at radius 3 is 2.07 bits per heavy atom. The van der Waals surface area contributed by atoms with Gasteiger partial charge in [-0.05, 0) is 37.5 Å². The van der Waals surface area contributed by atoms with Crippen molar-refractivity contribution >= 4 is 23.6 Å². The van der Waals surface area contributed by atoms with Crippen molar-refractivity contribution < 1.29 is 23.9 Å². The third-order valence-corrected chi connectivity index (χ3v) is 5.00. The predicted octanol–water partition coefficient (Wildman–Crippen LogP) is 3.35. The highest BCUT2D eigenvalue weighted by atomic mass is 16.5. The lowest BCUT2D eigenvalue weighted by Gasteiger charge is -2.27. The molecule has 6 heteroatoms. The first kappa shape index (κ1) is 20.5. The number of carbonyl (C=O) groups is 4. The van der Waals surface area contributed by atoms with Gasteiger partial charge in [0.25, 0.3) is 11.8 Å². The van der Waals surface area contributed by atoms with Gasteiger partial charge in [-0.1, -0.05) is 49.7 Å². The smallest absolute Gasteiger partial charge is 0.330 e. The van der Waals surface area contributed by atoms with E-state index in [9.17, 15) is 19.2 Å². The minimum atomic E-state index is -1.10. The average molecular weight is 393 g/mol. The molecule has 1 aliphatic heterocycles. The number of benzene rings is 2. The van der Waals surface area contributed by atoms with Crippen LogP contribution in [-0.2, 0) is 9.53 Å². The molecule has 0 spiro atoms. The van der Waals surface area contributed by atoms with Gasteiger partial charge >= 0.3 is 5.97 Å². The van der Waals surface area contributed by atoms with Crippen LogP contribution in [-0.4, -0.2) is 41.1 Å². The van der Waals surface area contributed by atoms with Gasteiger partial charge in [-0.15, -0.1) is 0 Å². The molecular weight excluding hydrogens is 370 g/mol. The number of aryl methyl sites for hydroxylation is 2. The molecule has 0 bridgehead atoms. The molecule has 1 unspecified atom stereocenters. The molecule has 0 aliphatic carbocycles. The summed E-state index contributed by atoms with van der Waals surface area (Å²) in [4.78, 5) is 51.6. The number of hydrogen-bond donors (Lipinski definition) is 0. The van der Waals surface area contributed by atoms with Gasteiger partial charge in [0.15, 0.2) is 6.61 Å². The first-order valence-electron chi connectivity index (χ1n) is 9.46. The molecule has 2 amide bonds. The van der Waals surface area contributed by atoms with Crippen LogP contribution in [0.25, 0.3) is 0 Å². The number of carbonyl (C=O) groups excluding carboxylic acids is 4. The normalized spacial score (nSPS) is 14.2. The van der Waals surface area contributed by atoms with Crippen molar-refractivity contribution in [3.8, 4) is 0 Å². The van der Waals surface area contributed by atoms with E-state index in [1.54, 1.807) is 44.2 Å². The molecule has 0 aromatic heterocycles. The summed E-state index contributed by atoms with van der Waals surface area (Å²) in [5.74, 6) is -2.53. The lowest BCUT2D eigenvalue weighted by molar-refractivity contribution is -0.148. The topological polar surface area (TPSA) is 80.8 Å². The Balaban J connectivity index is 1.77. The highest BCUT2D eigenvalue weighted by Gasteiger charge is 2.44. The van der Waals surface area contributed by atoms with Crippen molar-refractivity contribution in [1.82, 2.24) is 4.90 Å². The lowest BCUT2D eigenvalue weighted by Crippen LogP contribution is -2.49. The quantitative estimate of drug-likeness (QED) is 0.427. The lowest BCUT2D eigenvalue weighted by atomic mass is 10.0. The van der Waals surface area contributed by atoms with Crippen molar-refractivity contribution in [2.75, 3.05) is 6.61 Å². The van der Waals surface area contributed by atoms with E-state index in [-0.39, 0.29) is 22.8 Å². The summed E-state index contributed by atoms with van der Waals surface area (Å²) < 4.78 is 5.24. The Labute approximate surface area is 169 Å². The van der Waals surface area contributed by atoms with E-state index in [0.29, 0.717) is 5.56 Å². The van der Waals surface area contributed by atoms with Crippen LogP contribution < -0.4 is 0 Å². The number of fused-ring (bicyclic) bond motifs is 1. The zero-order valence-corrected chi connectivity index (χ0v) is 16.9. The minimum absolute atomic E-state index is 0.266. The number of Topliss-reactive ketones (excluding diaryl/α,β-unsaturated/α-hetero) is 1. The second-order valence-corrected chi connectivity index (χ2v) is 7.56. The second-order valence-electron chi connectivity index (χ2n) is 7.56. The Morgan fingerprint density at radius 1 is 0.966 bits per heavy atom. The second kappa shape index (κ2) is 7.99. The maximum Gasteiger partial charge on any atom is 0.330 e. The molecule has 1 heterocycles. The summed E-state index contributed by atoms with van der Waals surface area (Å²) in [5, 5.41) is 0. The van der Waals surface area contributed by atoms with Gasteiger partial charge < -0.3 is 4.74 Å². The maximum atomic E-state index is 12.8. The van der Waals surface area contributed by atoms with Gasteiger partial charge in [0.1, 0.15) is 6.04 Å². The summed E-state index contributed by atoms with van der Waals surface area (Å²) in [6, 6.07) is 10.7. The van der Waals surface area contributed by atoms with Crippen molar-refractivity contribution in [2.24, 2.45) is 5.92 Å². The van der Waals surface area contributed by atoms with Crippen LogP contribution >= 0.6 is 0 Å². The molecule has 1 aliphatic rings. The monoisotopic (exact) mass is 393 g/mol. The number of ether oxygens (including phenoxy) is 1. The molecule has 3 rings (SSSR count). The van der Waals surface area contributed by atoms with Crippen LogP contribution in [0.15, 0.2) is 42.5 Å². The van der Waals surface area contributed by atoms with Gasteiger partial charge in [-0.2, -0.15) is 0 Å². The fourth-order valence-electron chi connectivity index (χ4n) is 3.56. The van der Waals surface area contributed by atoms with Gasteiger partial charge in [0.2, 0.25) is 5.78 Å². The Bertz CT molecular complexity index is 973. The van der Waals surface area contributed by atoms with Gasteiger partial charge in [-0.25, -0.2) is 4.79 Å². The van der Waals surface area contributed by atoms with Crippen molar-refractivity contribution in [3.63, 3.8) is 0 Å². The molecule has 0 radical (unpaired) electrons. The maximum absolute atomic E-state index is 12.8. The largest absolute Gasteiger partial charge is 0.456 e. The van der Waals surface area contributed by atoms with E-state index in [2.05, 4.69) is 0 Å². The van der Waals surface area contributed by atoms with E-state index in [0.717, 1.165) is 16.0 Å². The molecule has 150 valence electrons. The van der Waals surface area contributed by atoms with Crippen LogP contribution in [0.2, 0.25) is 0 Å². The molecule has 29 heavy (non-hydrogen) atoms. The average Bonchev–Trinajstić information content (AvgIpc) is 2.91. The summed E-state index contributed by atoms with van der Waals surface area (Å²) in [7, 11) is 0.